The first-order valence-corrected chi connectivity index (χ1v) is 10.6. The van der Waals surface area contributed by atoms with Crippen molar-refractivity contribution in [2.75, 3.05) is 51.3 Å². The second-order valence-electron chi connectivity index (χ2n) is 7.49. The van der Waals surface area contributed by atoms with Crippen LogP contribution in [0, 0.1) is 0 Å². The van der Waals surface area contributed by atoms with Crippen LogP contribution >= 0.6 is 0 Å². The molecule has 8 nitrogen and oxygen atoms in total. The summed E-state index contributed by atoms with van der Waals surface area (Å²) in [5, 5.41) is 5.28. The summed E-state index contributed by atoms with van der Waals surface area (Å²) in [6.07, 6.45) is 0.825. The van der Waals surface area contributed by atoms with Crippen molar-refractivity contribution >= 4 is 17.5 Å². The zero-order valence-corrected chi connectivity index (χ0v) is 17.3. The highest BCUT2D eigenvalue weighted by molar-refractivity contribution is 6.39. The van der Waals surface area contributed by atoms with Gasteiger partial charge in [-0.3, -0.25) is 14.5 Å². The van der Waals surface area contributed by atoms with Crippen molar-refractivity contribution < 1.29 is 23.8 Å². The van der Waals surface area contributed by atoms with E-state index in [1.165, 1.54) is 5.56 Å². The van der Waals surface area contributed by atoms with E-state index in [0.29, 0.717) is 43.6 Å². The Bertz CT molecular complexity index is 905. The molecule has 0 saturated carbocycles. The minimum Gasteiger partial charge on any atom is -0.486 e. The lowest BCUT2D eigenvalue weighted by molar-refractivity contribution is -0.136. The maximum Gasteiger partial charge on any atom is 0.313 e. The molecule has 0 spiro atoms. The SMILES string of the molecule is O=C(NCCCN1CCO[C@@H](c2ccccc2)C1)C(=O)Nc1ccc2c(c1)OCCO2. The molecule has 2 aromatic rings. The molecule has 0 bridgehead atoms. The maximum atomic E-state index is 12.2. The first-order chi connectivity index (χ1) is 15.2. The van der Waals surface area contributed by atoms with Gasteiger partial charge in [0.2, 0.25) is 0 Å². The van der Waals surface area contributed by atoms with E-state index in [0.717, 1.165) is 26.1 Å². The molecule has 164 valence electrons. The second kappa shape index (κ2) is 10.3. The van der Waals surface area contributed by atoms with E-state index in [4.69, 9.17) is 14.2 Å². The molecule has 0 aromatic heterocycles. The van der Waals surface area contributed by atoms with Crippen LogP contribution in [0.3, 0.4) is 0 Å². The molecule has 0 radical (unpaired) electrons. The van der Waals surface area contributed by atoms with E-state index in [2.05, 4.69) is 27.7 Å². The molecule has 4 rings (SSSR count). The maximum absolute atomic E-state index is 12.2. The Balaban J connectivity index is 1.17. The van der Waals surface area contributed by atoms with Crippen LogP contribution in [0.25, 0.3) is 0 Å². The first-order valence-electron chi connectivity index (χ1n) is 10.6. The van der Waals surface area contributed by atoms with Gasteiger partial charge in [-0.15, -0.1) is 0 Å². The molecule has 0 unspecified atom stereocenters. The molecule has 1 atom stereocenters. The molecule has 1 fully saturated rings. The van der Waals surface area contributed by atoms with Crippen LogP contribution in [-0.4, -0.2) is 62.7 Å². The fourth-order valence-electron chi connectivity index (χ4n) is 3.67. The van der Waals surface area contributed by atoms with Gasteiger partial charge < -0.3 is 24.8 Å². The van der Waals surface area contributed by atoms with Crippen LogP contribution in [0.4, 0.5) is 5.69 Å². The number of hydrogen-bond acceptors (Lipinski definition) is 6. The van der Waals surface area contributed by atoms with Crippen LogP contribution in [0.15, 0.2) is 48.5 Å². The minimum absolute atomic E-state index is 0.0707. The fourth-order valence-corrected chi connectivity index (χ4v) is 3.67. The van der Waals surface area contributed by atoms with Gasteiger partial charge in [0.25, 0.3) is 0 Å². The van der Waals surface area contributed by atoms with Gasteiger partial charge in [-0.25, -0.2) is 0 Å². The zero-order chi connectivity index (χ0) is 21.5. The van der Waals surface area contributed by atoms with Crippen LogP contribution in [-0.2, 0) is 14.3 Å². The van der Waals surface area contributed by atoms with Gasteiger partial charge in [-0.2, -0.15) is 0 Å². The molecule has 2 aliphatic heterocycles. The van der Waals surface area contributed by atoms with Gasteiger partial charge in [-0.05, 0) is 24.1 Å². The van der Waals surface area contributed by atoms with Gasteiger partial charge in [0.15, 0.2) is 11.5 Å². The van der Waals surface area contributed by atoms with E-state index in [1.54, 1.807) is 18.2 Å². The highest BCUT2D eigenvalue weighted by atomic mass is 16.6. The molecule has 2 aliphatic rings. The third-order valence-electron chi connectivity index (χ3n) is 5.26. The largest absolute Gasteiger partial charge is 0.486 e. The monoisotopic (exact) mass is 425 g/mol. The number of fused-ring (bicyclic) bond motifs is 1. The zero-order valence-electron chi connectivity index (χ0n) is 17.3. The van der Waals surface area contributed by atoms with Crippen LogP contribution in [0.2, 0.25) is 0 Å². The lowest BCUT2D eigenvalue weighted by atomic mass is 10.1. The topological polar surface area (TPSA) is 89.1 Å². The van der Waals surface area contributed by atoms with E-state index in [1.807, 2.05) is 18.2 Å². The van der Waals surface area contributed by atoms with E-state index in [-0.39, 0.29) is 6.10 Å². The summed E-state index contributed by atoms with van der Waals surface area (Å²) in [6.45, 7) is 4.59. The predicted octanol–water partition coefficient (Wildman–Crippen LogP) is 1.98. The number of amides is 2. The number of carbonyl (C=O) groups excluding carboxylic acids is 2. The van der Waals surface area contributed by atoms with Crippen molar-refractivity contribution in [3.8, 4) is 11.5 Å². The molecule has 0 aliphatic carbocycles. The Morgan fingerprint density at radius 3 is 2.61 bits per heavy atom. The Morgan fingerprint density at radius 2 is 1.77 bits per heavy atom. The lowest BCUT2D eigenvalue weighted by Gasteiger charge is -2.33. The fraction of sp³-hybridized carbons (Fsp3) is 0.391. The van der Waals surface area contributed by atoms with Crippen LogP contribution < -0.4 is 20.1 Å². The summed E-state index contributed by atoms with van der Waals surface area (Å²) in [5.41, 5.74) is 1.67. The van der Waals surface area contributed by atoms with Crippen LogP contribution in [0.1, 0.15) is 18.1 Å². The van der Waals surface area contributed by atoms with E-state index >= 15 is 0 Å². The van der Waals surface area contributed by atoms with Gasteiger partial charge in [0.05, 0.1) is 12.7 Å². The summed E-state index contributed by atoms with van der Waals surface area (Å²) in [6, 6.07) is 15.2. The summed E-state index contributed by atoms with van der Waals surface area (Å²) in [7, 11) is 0. The summed E-state index contributed by atoms with van der Waals surface area (Å²) < 4.78 is 16.8. The first kappa shape index (κ1) is 21.1. The predicted molar refractivity (Wildman–Crippen MR) is 115 cm³/mol. The van der Waals surface area contributed by atoms with Crippen molar-refractivity contribution in [3.63, 3.8) is 0 Å². The quantitative estimate of drug-likeness (QED) is 0.544. The summed E-state index contributed by atoms with van der Waals surface area (Å²) >= 11 is 0. The van der Waals surface area contributed by atoms with Gasteiger partial charge in [0, 0.05) is 37.9 Å². The molecular weight excluding hydrogens is 398 g/mol. The number of nitrogens with one attached hydrogen (secondary N) is 2. The number of benzene rings is 2. The van der Waals surface area contributed by atoms with Gasteiger partial charge in [0.1, 0.15) is 13.2 Å². The molecule has 8 heteroatoms. The van der Waals surface area contributed by atoms with E-state index < -0.39 is 11.8 Å². The van der Waals surface area contributed by atoms with Gasteiger partial charge in [-0.1, -0.05) is 30.3 Å². The number of rotatable bonds is 6. The molecule has 2 amide bonds. The Kier molecular flexibility index (Phi) is 7.01. The van der Waals surface area contributed by atoms with Gasteiger partial charge >= 0.3 is 11.8 Å². The summed E-state index contributed by atoms with van der Waals surface area (Å²) in [4.78, 5) is 26.6. The number of morpholine rings is 1. The molecule has 2 heterocycles. The number of carbonyl (C=O) groups is 2. The standard InChI is InChI=1S/C23H27N3O5/c27-22(23(28)25-18-7-8-19-20(15-18)31-14-13-30-19)24-9-4-10-26-11-12-29-21(16-26)17-5-2-1-3-6-17/h1-3,5-8,15,21H,4,9-14,16H2,(H,24,27)(H,25,28)/t21-/m1/s1. The third kappa shape index (κ3) is 5.74. The average Bonchev–Trinajstić information content (AvgIpc) is 2.82. The minimum atomic E-state index is -0.702. The number of nitrogens with zero attached hydrogens (tertiary/aromatic N) is 1. The van der Waals surface area contributed by atoms with Crippen molar-refractivity contribution in [2.45, 2.75) is 12.5 Å². The van der Waals surface area contributed by atoms with Crippen molar-refractivity contribution in [2.24, 2.45) is 0 Å². The molecule has 31 heavy (non-hydrogen) atoms. The highest BCUT2D eigenvalue weighted by Crippen LogP contribution is 2.32. The Labute approximate surface area is 181 Å². The average molecular weight is 425 g/mol. The number of hydrogen-bond donors (Lipinski definition) is 2. The van der Waals surface area contributed by atoms with Crippen molar-refractivity contribution in [1.82, 2.24) is 10.2 Å². The third-order valence-corrected chi connectivity index (χ3v) is 5.26. The highest BCUT2D eigenvalue weighted by Gasteiger charge is 2.21. The lowest BCUT2D eigenvalue weighted by Crippen LogP contribution is -2.41. The summed E-state index contributed by atoms with van der Waals surface area (Å²) in [5.74, 6) is -0.165. The normalized spacial score (nSPS) is 18.3. The molecule has 2 aromatic carbocycles. The number of anilines is 1. The van der Waals surface area contributed by atoms with Crippen molar-refractivity contribution in [3.05, 3.63) is 54.1 Å². The Morgan fingerprint density at radius 1 is 0.968 bits per heavy atom. The van der Waals surface area contributed by atoms with E-state index in [9.17, 15) is 9.59 Å². The van der Waals surface area contributed by atoms with Crippen LogP contribution in [0.5, 0.6) is 11.5 Å². The smallest absolute Gasteiger partial charge is 0.313 e. The molecular formula is C23H27N3O5. The second-order valence-corrected chi connectivity index (χ2v) is 7.49. The van der Waals surface area contributed by atoms with Crippen molar-refractivity contribution in [1.29, 1.82) is 0 Å². The molecule has 2 N–H and O–H groups in total. The molecule has 1 saturated heterocycles. The number of ether oxygens (including phenoxy) is 3. The Hall–Kier alpha value is -3.10.